The smallest absolute Gasteiger partial charge is 0.318 e. The van der Waals surface area contributed by atoms with Gasteiger partial charge in [0.2, 0.25) is 0 Å². The molecule has 2 atom stereocenters. The Morgan fingerprint density at radius 1 is 1.65 bits per heavy atom. The van der Waals surface area contributed by atoms with Crippen LogP contribution in [-0.4, -0.2) is 30.1 Å². The SMILES string of the molecule is CC(N)CN1CC(c2cccc(F)c2)NC1=O. The largest absolute Gasteiger partial charge is 0.329 e. The molecule has 1 aliphatic rings. The maximum Gasteiger partial charge on any atom is 0.318 e. The van der Waals surface area contributed by atoms with Gasteiger partial charge in [0, 0.05) is 19.1 Å². The molecule has 1 heterocycles. The molecule has 5 heteroatoms. The molecule has 1 fully saturated rings. The van der Waals surface area contributed by atoms with Gasteiger partial charge in [0.05, 0.1) is 6.04 Å². The number of urea groups is 1. The summed E-state index contributed by atoms with van der Waals surface area (Å²) in [6, 6.07) is 5.93. The van der Waals surface area contributed by atoms with Crippen LogP contribution >= 0.6 is 0 Å². The highest BCUT2D eigenvalue weighted by atomic mass is 19.1. The van der Waals surface area contributed by atoms with Gasteiger partial charge in [-0.2, -0.15) is 0 Å². The lowest BCUT2D eigenvalue weighted by molar-refractivity contribution is 0.215. The third-order valence-electron chi connectivity index (χ3n) is 2.75. The lowest BCUT2D eigenvalue weighted by Gasteiger charge is -2.16. The summed E-state index contributed by atoms with van der Waals surface area (Å²) in [6.07, 6.45) is 0. The summed E-state index contributed by atoms with van der Waals surface area (Å²) in [5.74, 6) is -0.289. The maximum atomic E-state index is 13.1. The third kappa shape index (κ3) is 2.74. The van der Waals surface area contributed by atoms with Crippen molar-refractivity contribution in [1.82, 2.24) is 10.2 Å². The van der Waals surface area contributed by atoms with E-state index < -0.39 is 0 Å². The predicted molar refractivity (Wildman–Crippen MR) is 62.9 cm³/mol. The van der Waals surface area contributed by atoms with Crippen LogP contribution in [-0.2, 0) is 0 Å². The first kappa shape index (κ1) is 11.9. The van der Waals surface area contributed by atoms with Crippen LogP contribution in [0.15, 0.2) is 24.3 Å². The third-order valence-corrected chi connectivity index (χ3v) is 2.75. The Bertz CT molecular complexity index is 422. The van der Waals surface area contributed by atoms with Gasteiger partial charge >= 0.3 is 6.03 Å². The molecule has 0 saturated carbocycles. The van der Waals surface area contributed by atoms with Crippen LogP contribution in [0.1, 0.15) is 18.5 Å². The second-order valence-corrected chi connectivity index (χ2v) is 4.44. The molecule has 2 amide bonds. The molecule has 4 nitrogen and oxygen atoms in total. The zero-order valence-corrected chi connectivity index (χ0v) is 9.69. The van der Waals surface area contributed by atoms with Gasteiger partial charge < -0.3 is 16.0 Å². The molecular weight excluding hydrogens is 221 g/mol. The summed E-state index contributed by atoms with van der Waals surface area (Å²) in [5.41, 5.74) is 6.44. The van der Waals surface area contributed by atoms with Crippen molar-refractivity contribution in [3.63, 3.8) is 0 Å². The molecule has 1 saturated heterocycles. The Labute approximate surface area is 99.6 Å². The van der Waals surface area contributed by atoms with E-state index in [2.05, 4.69) is 5.32 Å². The maximum absolute atomic E-state index is 13.1. The summed E-state index contributed by atoms with van der Waals surface area (Å²) < 4.78 is 13.1. The number of halogens is 1. The van der Waals surface area contributed by atoms with Gasteiger partial charge in [0.15, 0.2) is 0 Å². The van der Waals surface area contributed by atoms with Crippen molar-refractivity contribution in [1.29, 1.82) is 0 Å². The Kier molecular flexibility index (Phi) is 3.28. The number of nitrogens with two attached hydrogens (primary N) is 1. The minimum absolute atomic E-state index is 0.0630. The molecule has 2 rings (SSSR count). The van der Waals surface area contributed by atoms with Gasteiger partial charge in [-0.25, -0.2) is 9.18 Å². The highest BCUT2D eigenvalue weighted by Crippen LogP contribution is 2.20. The zero-order chi connectivity index (χ0) is 12.4. The number of hydrogen-bond donors (Lipinski definition) is 2. The fraction of sp³-hybridized carbons (Fsp3) is 0.417. The van der Waals surface area contributed by atoms with Gasteiger partial charge in [0.25, 0.3) is 0 Å². The predicted octanol–water partition coefficient (Wildman–Crippen LogP) is 1.24. The van der Waals surface area contributed by atoms with E-state index in [0.29, 0.717) is 13.1 Å². The summed E-state index contributed by atoms with van der Waals surface area (Å²) in [5, 5.41) is 2.82. The monoisotopic (exact) mass is 237 g/mol. The quantitative estimate of drug-likeness (QED) is 0.831. The van der Waals surface area contributed by atoms with E-state index in [0.717, 1.165) is 5.56 Å². The van der Waals surface area contributed by atoms with Crippen LogP contribution in [0.5, 0.6) is 0 Å². The van der Waals surface area contributed by atoms with Crippen molar-refractivity contribution in [2.24, 2.45) is 5.73 Å². The van der Waals surface area contributed by atoms with Gasteiger partial charge in [-0.1, -0.05) is 12.1 Å². The first-order chi connectivity index (χ1) is 8.06. The first-order valence-electron chi connectivity index (χ1n) is 5.63. The average Bonchev–Trinajstić information content (AvgIpc) is 2.59. The number of nitrogens with one attached hydrogen (secondary N) is 1. The van der Waals surface area contributed by atoms with Crippen LogP contribution in [0.2, 0.25) is 0 Å². The van der Waals surface area contributed by atoms with Crippen molar-refractivity contribution in [3.05, 3.63) is 35.6 Å². The Morgan fingerprint density at radius 3 is 3.06 bits per heavy atom. The van der Waals surface area contributed by atoms with Gasteiger partial charge in [0.1, 0.15) is 5.82 Å². The number of carbonyl (C=O) groups excluding carboxylic acids is 1. The van der Waals surface area contributed by atoms with E-state index in [9.17, 15) is 9.18 Å². The summed E-state index contributed by atoms with van der Waals surface area (Å²) in [6.45, 7) is 2.89. The highest BCUT2D eigenvalue weighted by molar-refractivity contribution is 5.77. The van der Waals surface area contributed by atoms with Gasteiger partial charge in [-0.3, -0.25) is 0 Å². The van der Waals surface area contributed by atoms with E-state index in [-0.39, 0.29) is 23.9 Å². The molecule has 2 unspecified atom stereocenters. The first-order valence-corrected chi connectivity index (χ1v) is 5.63. The number of carbonyl (C=O) groups is 1. The molecule has 0 aliphatic carbocycles. The van der Waals surface area contributed by atoms with Crippen LogP contribution < -0.4 is 11.1 Å². The Balaban J connectivity index is 2.08. The van der Waals surface area contributed by atoms with Crippen LogP contribution in [0, 0.1) is 5.82 Å². The van der Waals surface area contributed by atoms with Gasteiger partial charge in [-0.15, -0.1) is 0 Å². The van der Waals surface area contributed by atoms with Crippen molar-refractivity contribution >= 4 is 6.03 Å². The molecule has 1 aromatic rings. The molecule has 1 aromatic carbocycles. The lowest BCUT2D eigenvalue weighted by Crippen LogP contribution is -2.37. The molecular formula is C12H16FN3O. The Hall–Kier alpha value is -1.62. The van der Waals surface area contributed by atoms with Crippen molar-refractivity contribution in [2.45, 2.75) is 19.0 Å². The summed E-state index contributed by atoms with van der Waals surface area (Å²) in [4.78, 5) is 13.3. The number of amides is 2. The van der Waals surface area contributed by atoms with Crippen LogP contribution in [0.3, 0.4) is 0 Å². The number of benzene rings is 1. The molecule has 0 bridgehead atoms. The number of hydrogen-bond acceptors (Lipinski definition) is 2. The van der Waals surface area contributed by atoms with E-state index in [1.165, 1.54) is 12.1 Å². The molecule has 0 radical (unpaired) electrons. The van der Waals surface area contributed by atoms with Gasteiger partial charge in [-0.05, 0) is 24.6 Å². The van der Waals surface area contributed by atoms with E-state index in [4.69, 9.17) is 5.73 Å². The molecule has 3 N–H and O–H groups in total. The van der Waals surface area contributed by atoms with Crippen LogP contribution in [0.4, 0.5) is 9.18 Å². The van der Waals surface area contributed by atoms with Crippen molar-refractivity contribution in [2.75, 3.05) is 13.1 Å². The van der Waals surface area contributed by atoms with E-state index in [1.807, 2.05) is 13.0 Å². The van der Waals surface area contributed by atoms with Crippen LogP contribution in [0.25, 0.3) is 0 Å². The molecule has 0 aromatic heterocycles. The van der Waals surface area contributed by atoms with E-state index >= 15 is 0 Å². The fourth-order valence-electron chi connectivity index (χ4n) is 2.01. The molecule has 92 valence electrons. The second-order valence-electron chi connectivity index (χ2n) is 4.44. The fourth-order valence-corrected chi connectivity index (χ4v) is 2.01. The average molecular weight is 237 g/mol. The highest BCUT2D eigenvalue weighted by Gasteiger charge is 2.29. The lowest BCUT2D eigenvalue weighted by atomic mass is 10.1. The molecule has 17 heavy (non-hydrogen) atoms. The minimum atomic E-state index is -0.289. The Morgan fingerprint density at radius 2 is 2.41 bits per heavy atom. The normalized spacial score (nSPS) is 21.5. The number of rotatable bonds is 3. The summed E-state index contributed by atoms with van der Waals surface area (Å²) in [7, 11) is 0. The van der Waals surface area contributed by atoms with Crippen molar-refractivity contribution < 1.29 is 9.18 Å². The van der Waals surface area contributed by atoms with E-state index in [1.54, 1.807) is 11.0 Å². The topological polar surface area (TPSA) is 58.4 Å². The van der Waals surface area contributed by atoms with Crippen molar-refractivity contribution in [3.8, 4) is 0 Å². The second kappa shape index (κ2) is 4.71. The number of nitrogens with zero attached hydrogens (tertiary/aromatic N) is 1. The standard InChI is InChI=1S/C12H16FN3O/c1-8(14)6-16-7-11(15-12(16)17)9-3-2-4-10(13)5-9/h2-5,8,11H,6-7,14H2,1H3,(H,15,17). The minimum Gasteiger partial charge on any atom is -0.329 e. The molecule has 1 aliphatic heterocycles. The summed E-state index contributed by atoms with van der Waals surface area (Å²) >= 11 is 0. The molecule has 0 spiro atoms. The zero-order valence-electron chi connectivity index (χ0n) is 9.69.